The molecule has 0 spiro atoms. The van der Waals surface area contributed by atoms with Crippen molar-refractivity contribution in [3.8, 4) is 0 Å². The lowest BCUT2D eigenvalue weighted by molar-refractivity contribution is -0.870. The van der Waals surface area contributed by atoms with E-state index in [0.717, 1.165) is 116 Å². The summed E-state index contributed by atoms with van der Waals surface area (Å²) in [6.07, 6.45) is 81.6. The maximum atomic E-state index is 12.9. The van der Waals surface area contributed by atoms with Gasteiger partial charge in [-0.05, 0) is 116 Å². The molecule has 0 rings (SSSR count). The van der Waals surface area contributed by atoms with Crippen molar-refractivity contribution in [2.45, 2.75) is 206 Å². The normalized spacial score (nSPS) is 13.9. The lowest BCUT2D eigenvalue weighted by atomic mass is 10.0. The summed E-state index contributed by atoms with van der Waals surface area (Å²) in [4.78, 5) is 37.3. The van der Waals surface area contributed by atoms with Crippen molar-refractivity contribution in [3.63, 3.8) is 0 Å². The van der Waals surface area contributed by atoms with E-state index >= 15 is 0 Å². The minimum absolute atomic E-state index is 0.129. The Morgan fingerprint density at radius 1 is 0.390 bits per heavy atom. The molecule has 0 aliphatic carbocycles. The van der Waals surface area contributed by atoms with Crippen LogP contribution >= 0.6 is 0 Å². The summed E-state index contributed by atoms with van der Waals surface area (Å²) in [5.41, 5.74) is 0. The molecule has 0 fully saturated rings. The second-order valence-electron chi connectivity index (χ2n) is 20.2. The van der Waals surface area contributed by atoms with E-state index in [4.69, 9.17) is 18.9 Å². The lowest BCUT2D eigenvalue weighted by Crippen LogP contribution is -2.44. The molecule has 0 saturated carbocycles. The van der Waals surface area contributed by atoms with Crippen LogP contribution in [-0.2, 0) is 33.3 Å². The molecule has 0 aliphatic rings. The largest absolute Gasteiger partial charge is 0.545 e. The molecule has 0 saturated heterocycles. The zero-order valence-corrected chi connectivity index (χ0v) is 49.0. The van der Waals surface area contributed by atoms with Gasteiger partial charge in [-0.1, -0.05) is 223 Å². The van der Waals surface area contributed by atoms with E-state index in [9.17, 15) is 19.5 Å². The number of allylic oxidation sites excluding steroid dienone is 26. The van der Waals surface area contributed by atoms with Gasteiger partial charge in [0.25, 0.3) is 0 Å². The first kappa shape index (κ1) is 71.9. The Hall–Kier alpha value is -5.09. The van der Waals surface area contributed by atoms with Crippen LogP contribution in [0.25, 0.3) is 0 Å². The van der Waals surface area contributed by atoms with Gasteiger partial charge in [-0.3, -0.25) is 9.59 Å². The summed E-state index contributed by atoms with van der Waals surface area (Å²) < 4.78 is 22.6. The summed E-state index contributed by atoms with van der Waals surface area (Å²) in [6, 6.07) is 0. The van der Waals surface area contributed by atoms with Gasteiger partial charge in [-0.25, -0.2) is 0 Å². The molecule has 0 aromatic heterocycles. The molecule has 77 heavy (non-hydrogen) atoms. The molecule has 0 N–H and O–H groups in total. The maximum absolute atomic E-state index is 12.9. The number of unbranched alkanes of at least 4 members (excludes halogenated alkanes) is 11. The van der Waals surface area contributed by atoms with Crippen molar-refractivity contribution in [1.29, 1.82) is 0 Å². The molecule has 0 radical (unpaired) electrons. The van der Waals surface area contributed by atoms with Crippen LogP contribution in [0.2, 0.25) is 0 Å². The van der Waals surface area contributed by atoms with Crippen LogP contribution in [-0.4, -0.2) is 82.3 Å². The van der Waals surface area contributed by atoms with E-state index in [1.807, 2.05) is 21.1 Å². The molecule has 0 heterocycles. The van der Waals surface area contributed by atoms with Gasteiger partial charge >= 0.3 is 11.9 Å². The second kappa shape index (κ2) is 57.1. The van der Waals surface area contributed by atoms with Crippen LogP contribution in [0, 0.1) is 0 Å². The summed E-state index contributed by atoms with van der Waals surface area (Å²) in [6.45, 7) is 4.42. The summed E-state index contributed by atoms with van der Waals surface area (Å²) in [5, 5.41) is 11.8. The molecule has 0 aliphatic heterocycles. The number of quaternary nitrogens is 1. The first-order chi connectivity index (χ1) is 37.6. The van der Waals surface area contributed by atoms with Crippen LogP contribution in [0.3, 0.4) is 0 Å². The zero-order chi connectivity index (χ0) is 56.2. The third-order valence-electron chi connectivity index (χ3n) is 11.8. The monoisotopic (exact) mass is 1070 g/mol. The molecule has 0 aromatic carbocycles. The minimum atomic E-state index is -1.65. The molecule has 9 nitrogen and oxygen atoms in total. The lowest BCUT2D eigenvalue weighted by Gasteiger charge is -2.26. The number of hydrogen-bond acceptors (Lipinski definition) is 8. The Bertz CT molecular complexity index is 1810. The minimum Gasteiger partial charge on any atom is -0.545 e. The fraction of sp³-hybridized carbons (Fsp3) is 0.574. The summed E-state index contributed by atoms with van der Waals surface area (Å²) >= 11 is 0. The standard InChI is InChI=1S/C68H107NO8/c1-6-8-10-12-14-16-18-20-22-24-25-26-27-28-29-30-31-32-33-34-35-36-37-38-39-40-41-43-45-47-49-51-53-55-57-59-66(71)77-64(63-76-68(67(72)73)74-61-60-69(3,4)5)62-75-65(70)58-56-54-52-50-48-46-44-42-23-21-19-17-15-13-11-9-7-2/h8-11,14-17,20-23,25-26,28-29,31-32,34-35,37-38,44,46,50,52,64,68H,6-7,12-13,18-19,24,27,30,33,36,39-43,45,47-49,51,53-63H2,1-5H3/b10-8-,11-9-,16-14-,17-15-,22-20-,23-21-,26-25-,29-28-,32-31-,35-34-,38-37-,46-44-,52-50-. The van der Waals surface area contributed by atoms with Crippen molar-refractivity contribution in [2.75, 3.05) is 47.5 Å². The van der Waals surface area contributed by atoms with Gasteiger partial charge in [-0.2, -0.15) is 0 Å². The first-order valence-electron chi connectivity index (χ1n) is 29.6. The fourth-order valence-corrected chi connectivity index (χ4v) is 7.29. The quantitative estimate of drug-likeness (QED) is 0.0195. The summed E-state index contributed by atoms with van der Waals surface area (Å²) in [7, 11) is 5.89. The molecule has 0 bridgehead atoms. The molecular weight excluding hydrogens is 959 g/mol. The number of carboxylic acid groups (broad SMARTS) is 1. The fourth-order valence-electron chi connectivity index (χ4n) is 7.29. The average Bonchev–Trinajstić information content (AvgIpc) is 3.40. The van der Waals surface area contributed by atoms with Crippen molar-refractivity contribution < 1.29 is 42.9 Å². The van der Waals surface area contributed by atoms with Gasteiger partial charge in [0.1, 0.15) is 13.2 Å². The number of nitrogens with zero attached hydrogens (tertiary/aromatic N) is 1. The number of carbonyl (C=O) groups is 3. The third kappa shape index (κ3) is 58.4. The van der Waals surface area contributed by atoms with E-state index in [0.29, 0.717) is 23.9 Å². The topological polar surface area (TPSA) is 111 Å². The number of aliphatic carboxylic acids is 1. The number of hydrogen-bond donors (Lipinski definition) is 0. The van der Waals surface area contributed by atoms with Crippen molar-refractivity contribution in [3.05, 3.63) is 158 Å². The van der Waals surface area contributed by atoms with E-state index in [1.165, 1.54) is 38.5 Å². The van der Waals surface area contributed by atoms with Crippen LogP contribution in [0.15, 0.2) is 158 Å². The van der Waals surface area contributed by atoms with Gasteiger partial charge in [0, 0.05) is 12.8 Å². The van der Waals surface area contributed by atoms with Gasteiger partial charge < -0.3 is 33.3 Å². The van der Waals surface area contributed by atoms with Crippen molar-refractivity contribution >= 4 is 17.9 Å². The van der Waals surface area contributed by atoms with Crippen molar-refractivity contribution in [2.24, 2.45) is 0 Å². The highest BCUT2D eigenvalue weighted by atomic mass is 16.7. The number of carboxylic acids is 1. The number of ether oxygens (including phenoxy) is 4. The highest BCUT2D eigenvalue weighted by Crippen LogP contribution is 2.14. The smallest absolute Gasteiger partial charge is 0.306 e. The van der Waals surface area contributed by atoms with E-state index in [1.54, 1.807) is 0 Å². The van der Waals surface area contributed by atoms with Crippen LogP contribution < -0.4 is 5.11 Å². The van der Waals surface area contributed by atoms with Crippen LogP contribution in [0.1, 0.15) is 194 Å². The Labute approximate surface area is 470 Å². The van der Waals surface area contributed by atoms with Gasteiger partial charge in [-0.15, -0.1) is 0 Å². The second-order valence-corrected chi connectivity index (χ2v) is 20.2. The molecular formula is C68H107NO8. The number of carbonyl (C=O) groups excluding carboxylic acids is 3. The Morgan fingerprint density at radius 3 is 1.08 bits per heavy atom. The third-order valence-corrected chi connectivity index (χ3v) is 11.8. The Morgan fingerprint density at radius 2 is 0.714 bits per heavy atom. The van der Waals surface area contributed by atoms with Crippen molar-refractivity contribution in [1.82, 2.24) is 0 Å². The average molecular weight is 1070 g/mol. The number of rotatable bonds is 52. The predicted octanol–water partition coefficient (Wildman–Crippen LogP) is 16.4. The van der Waals surface area contributed by atoms with Crippen LogP contribution in [0.4, 0.5) is 0 Å². The maximum Gasteiger partial charge on any atom is 0.306 e. The zero-order valence-electron chi connectivity index (χ0n) is 49.0. The van der Waals surface area contributed by atoms with Crippen LogP contribution in [0.5, 0.6) is 0 Å². The Kier molecular flexibility index (Phi) is 53.3. The molecule has 2 atom stereocenters. The Balaban J connectivity index is 4.28. The molecule has 0 amide bonds. The summed E-state index contributed by atoms with van der Waals surface area (Å²) in [5.74, 6) is -2.39. The van der Waals surface area contributed by atoms with E-state index in [2.05, 4.69) is 172 Å². The SMILES string of the molecule is CC/C=C\C/C=C\C/C=C\C/C=C\C/C=C\C/C=C\C/C=C\C/C=C\CCCCCCCCCCCCC(=O)OC(COC(=O)CCC/C=C\C/C=C\C/C=C\C/C=C\C/C=C\CC)COC(OCC[N+](C)(C)C)C(=O)[O-]. The molecule has 0 aromatic rings. The van der Waals surface area contributed by atoms with E-state index in [-0.39, 0.29) is 32.7 Å². The first-order valence-corrected chi connectivity index (χ1v) is 29.6. The highest BCUT2D eigenvalue weighted by molar-refractivity contribution is 5.70. The molecule has 2 unspecified atom stereocenters. The highest BCUT2D eigenvalue weighted by Gasteiger charge is 2.22. The predicted molar refractivity (Wildman–Crippen MR) is 324 cm³/mol. The van der Waals surface area contributed by atoms with E-state index < -0.39 is 30.3 Å². The number of esters is 2. The molecule has 9 heteroatoms. The molecule has 432 valence electrons. The van der Waals surface area contributed by atoms with Gasteiger partial charge in [0.15, 0.2) is 12.4 Å². The van der Waals surface area contributed by atoms with Gasteiger partial charge in [0.05, 0.1) is 40.3 Å². The van der Waals surface area contributed by atoms with Gasteiger partial charge in [0.2, 0.25) is 0 Å². The number of likely N-dealkylation sites (N-methyl/N-ethyl adjacent to an activating group) is 1.